The summed E-state index contributed by atoms with van der Waals surface area (Å²) in [6.45, 7) is 7.87. The van der Waals surface area contributed by atoms with Crippen molar-refractivity contribution in [3.8, 4) is 0 Å². The van der Waals surface area contributed by atoms with Gasteiger partial charge in [-0.05, 0) is 44.6 Å². The summed E-state index contributed by atoms with van der Waals surface area (Å²) < 4.78 is 11.0. The standard InChI is InChI=1S/C19H30N2O3/c1-15-4-6-18(7-5-15)16(2)21-19(22)20-10-3-11-24-14-17-8-12-23-13-9-17/h4-7,16-17H,3,8-14H2,1-2H3,(H2,20,21,22)/t16-/m0/s1. The topological polar surface area (TPSA) is 59.6 Å². The summed E-state index contributed by atoms with van der Waals surface area (Å²) in [4.78, 5) is 11.9. The van der Waals surface area contributed by atoms with Crippen LogP contribution >= 0.6 is 0 Å². The number of carbonyl (C=O) groups is 1. The molecule has 1 fully saturated rings. The summed E-state index contributed by atoms with van der Waals surface area (Å²) in [7, 11) is 0. The van der Waals surface area contributed by atoms with Gasteiger partial charge in [0.15, 0.2) is 0 Å². The third-order valence-electron chi connectivity index (χ3n) is 4.37. The Morgan fingerprint density at radius 1 is 1.29 bits per heavy atom. The van der Waals surface area contributed by atoms with Crippen LogP contribution in [0.3, 0.4) is 0 Å². The fraction of sp³-hybridized carbons (Fsp3) is 0.632. The average Bonchev–Trinajstić information content (AvgIpc) is 2.59. The Balaban J connectivity index is 1.52. The molecule has 0 saturated carbocycles. The van der Waals surface area contributed by atoms with Crippen LogP contribution < -0.4 is 10.6 Å². The van der Waals surface area contributed by atoms with Crippen LogP contribution in [0.25, 0.3) is 0 Å². The second kappa shape index (κ2) is 10.3. The first-order chi connectivity index (χ1) is 11.6. The van der Waals surface area contributed by atoms with Crippen molar-refractivity contribution in [1.29, 1.82) is 0 Å². The fourth-order valence-electron chi connectivity index (χ4n) is 2.73. The van der Waals surface area contributed by atoms with Crippen LogP contribution in [0.15, 0.2) is 24.3 Å². The van der Waals surface area contributed by atoms with Gasteiger partial charge in [0.25, 0.3) is 0 Å². The summed E-state index contributed by atoms with van der Waals surface area (Å²) in [6, 6.07) is 8.07. The first-order valence-corrected chi connectivity index (χ1v) is 8.91. The molecule has 0 radical (unpaired) electrons. The summed E-state index contributed by atoms with van der Waals surface area (Å²) in [5.41, 5.74) is 2.33. The molecule has 1 aliphatic heterocycles. The predicted molar refractivity (Wildman–Crippen MR) is 95.1 cm³/mol. The maximum atomic E-state index is 11.9. The lowest BCUT2D eigenvalue weighted by atomic mass is 10.0. The average molecular weight is 334 g/mol. The van der Waals surface area contributed by atoms with Crippen molar-refractivity contribution in [2.75, 3.05) is 33.0 Å². The molecular weight excluding hydrogens is 304 g/mol. The number of ether oxygens (including phenoxy) is 2. The van der Waals surface area contributed by atoms with Gasteiger partial charge in [0, 0.05) is 33.0 Å². The molecule has 1 aliphatic rings. The van der Waals surface area contributed by atoms with E-state index in [1.54, 1.807) is 0 Å². The molecule has 134 valence electrons. The van der Waals surface area contributed by atoms with Crippen molar-refractivity contribution in [3.63, 3.8) is 0 Å². The number of rotatable bonds is 8. The van der Waals surface area contributed by atoms with E-state index in [1.807, 2.05) is 19.1 Å². The van der Waals surface area contributed by atoms with Gasteiger partial charge in [-0.1, -0.05) is 29.8 Å². The minimum atomic E-state index is -0.132. The lowest BCUT2D eigenvalue weighted by Crippen LogP contribution is -2.37. The highest BCUT2D eigenvalue weighted by Gasteiger charge is 2.13. The number of hydrogen-bond acceptors (Lipinski definition) is 3. The van der Waals surface area contributed by atoms with E-state index in [2.05, 4.69) is 29.7 Å². The number of hydrogen-bond donors (Lipinski definition) is 2. The Morgan fingerprint density at radius 3 is 2.71 bits per heavy atom. The van der Waals surface area contributed by atoms with Gasteiger partial charge in [-0.25, -0.2) is 4.79 Å². The number of urea groups is 1. The van der Waals surface area contributed by atoms with E-state index in [0.717, 1.165) is 44.6 Å². The van der Waals surface area contributed by atoms with Gasteiger partial charge in [-0.2, -0.15) is 0 Å². The third kappa shape index (κ3) is 6.89. The van der Waals surface area contributed by atoms with Crippen LogP contribution in [0.5, 0.6) is 0 Å². The Morgan fingerprint density at radius 2 is 2.00 bits per heavy atom. The highest BCUT2D eigenvalue weighted by atomic mass is 16.5. The van der Waals surface area contributed by atoms with Gasteiger partial charge in [0.1, 0.15) is 0 Å². The van der Waals surface area contributed by atoms with E-state index < -0.39 is 0 Å². The maximum absolute atomic E-state index is 11.9. The minimum Gasteiger partial charge on any atom is -0.381 e. The molecule has 1 heterocycles. The van der Waals surface area contributed by atoms with Gasteiger partial charge in [-0.15, -0.1) is 0 Å². The molecule has 1 aromatic carbocycles. The van der Waals surface area contributed by atoms with Crippen LogP contribution in [-0.2, 0) is 9.47 Å². The molecule has 5 heteroatoms. The Labute approximate surface area is 145 Å². The van der Waals surface area contributed by atoms with Crippen LogP contribution in [0, 0.1) is 12.8 Å². The van der Waals surface area contributed by atoms with E-state index in [1.165, 1.54) is 5.56 Å². The molecule has 0 unspecified atom stereocenters. The van der Waals surface area contributed by atoms with Gasteiger partial charge >= 0.3 is 6.03 Å². The van der Waals surface area contributed by atoms with E-state index in [-0.39, 0.29) is 12.1 Å². The van der Waals surface area contributed by atoms with Gasteiger partial charge in [0.2, 0.25) is 0 Å². The van der Waals surface area contributed by atoms with Crippen LogP contribution in [0.2, 0.25) is 0 Å². The Hall–Kier alpha value is -1.59. The highest BCUT2D eigenvalue weighted by Crippen LogP contribution is 2.14. The van der Waals surface area contributed by atoms with Crippen molar-refractivity contribution in [1.82, 2.24) is 10.6 Å². The summed E-state index contributed by atoms with van der Waals surface area (Å²) in [6.07, 6.45) is 3.02. The molecule has 1 saturated heterocycles. The van der Waals surface area contributed by atoms with E-state index in [4.69, 9.17) is 9.47 Å². The molecule has 0 aromatic heterocycles. The van der Waals surface area contributed by atoms with Gasteiger partial charge in [-0.3, -0.25) is 0 Å². The monoisotopic (exact) mass is 334 g/mol. The highest BCUT2D eigenvalue weighted by molar-refractivity contribution is 5.74. The number of nitrogens with one attached hydrogen (secondary N) is 2. The minimum absolute atomic E-state index is 0.00429. The molecule has 0 spiro atoms. The molecule has 24 heavy (non-hydrogen) atoms. The number of aryl methyl sites for hydroxylation is 1. The quantitative estimate of drug-likeness (QED) is 0.718. The van der Waals surface area contributed by atoms with Crippen LogP contribution in [0.4, 0.5) is 4.79 Å². The van der Waals surface area contributed by atoms with Crippen molar-refractivity contribution < 1.29 is 14.3 Å². The molecule has 0 aliphatic carbocycles. The third-order valence-corrected chi connectivity index (χ3v) is 4.37. The Kier molecular flexibility index (Phi) is 8.05. The Bertz CT molecular complexity index is 484. The summed E-state index contributed by atoms with van der Waals surface area (Å²) in [5, 5.41) is 5.84. The number of carbonyl (C=O) groups excluding carboxylic acids is 1. The molecule has 2 N–H and O–H groups in total. The zero-order valence-corrected chi connectivity index (χ0v) is 14.8. The molecule has 1 atom stereocenters. The summed E-state index contributed by atoms with van der Waals surface area (Å²) >= 11 is 0. The predicted octanol–water partition coefficient (Wildman–Crippen LogP) is 3.19. The van der Waals surface area contributed by atoms with Gasteiger partial charge in [0.05, 0.1) is 6.04 Å². The number of amides is 2. The second-order valence-electron chi connectivity index (χ2n) is 6.52. The molecular formula is C19H30N2O3. The molecule has 1 aromatic rings. The lowest BCUT2D eigenvalue weighted by molar-refractivity contribution is 0.0203. The van der Waals surface area contributed by atoms with E-state index in [9.17, 15) is 4.79 Å². The van der Waals surface area contributed by atoms with Crippen molar-refractivity contribution in [2.24, 2.45) is 5.92 Å². The SMILES string of the molecule is Cc1ccc([C@H](C)NC(=O)NCCCOCC2CCOCC2)cc1. The molecule has 0 bridgehead atoms. The van der Waals surface area contributed by atoms with Gasteiger partial charge < -0.3 is 20.1 Å². The fourth-order valence-corrected chi connectivity index (χ4v) is 2.73. The second-order valence-corrected chi connectivity index (χ2v) is 6.52. The maximum Gasteiger partial charge on any atom is 0.315 e. The summed E-state index contributed by atoms with van der Waals surface area (Å²) in [5.74, 6) is 0.630. The van der Waals surface area contributed by atoms with Crippen molar-refractivity contribution >= 4 is 6.03 Å². The van der Waals surface area contributed by atoms with E-state index in [0.29, 0.717) is 19.1 Å². The zero-order valence-electron chi connectivity index (χ0n) is 14.8. The normalized spacial score (nSPS) is 16.6. The lowest BCUT2D eigenvalue weighted by Gasteiger charge is -2.21. The molecule has 2 rings (SSSR count). The van der Waals surface area contributed by atoms with E-state index >= 15 is 0 Å². The van der Waals surface area contributed by atoms with Crippen molar-refractivity contribution in [3.05, 3.63) is 35.4 Å². The number of benzene rings is 1. The molecule has 2 amide bonds. The first kappa shape index (κ1) is 18.7. The van der Waals surface area contributed by atoms with Crippen molar-refractivity contribution in [2.45, 2.75) is 39.2 Å². The van der Waals surface area contributed by atoms with Crippen LogP contribution in [0.1, 0.15) is 43.4 Å². The first-order valence-electron chi connectivity index (χ1n) is 8.91. The largest absolute Gasteiger partial charge is 0.381 e. The van der Waals surface area contributed by atoms with Crippen LogP contribution in [-0.4, -0.2) is 39.0 Å². The molecule has 5 nitrogen and oxygen atoms in total. The zero-order chi connectivity index (χ0) is 17.2. The smallest absolute Gasteiger partial charge is 0.315 e.